The van der Waals surface area contributed by atoms with Gasteiger partial charge in [-0.25, -0.2) is 4.79 Å². The molecule has 1 aromatic carbocycles. The van der Waals surface area contributed by atoms with E-state index in [9.17, 15) is 9.59 Å². The van der Waals surface area contributed by atoms with Crippen molar-refractivity contribution < 1.29 is 19.4 Å². The monoisotopic (exact) mass is 304 g/mol. The number of fused-ring (bicyclic) bond motifs is 1. The Hall–Kier alpha value is -2.41. The van der Waals surface area contributed by atoms with Crippen molar-refractivity contribution in [1.82, 2.24) is 4.37 Å². The van der Waals surface area contributed by atoms with Crippen LogP contribution in [0, 0.1) is 0 Å². The molecule has 0 unspecified atom stereocenters. The first-order valence-electron chi connectivity index (χ1n) is 6.27. The molecule has 1 amide bonds. The first kappa shape index (κ1) is 13.6. The molecule has 108 valence electrons. The Bertz CT molecular complexity index is 726. The van der Waals surface area contributed by atoms with Crippen molar-refractivity contribution in [3.8, 4) is 5.75 Å². The Labute approximate surface area is 124 Å². The number of carboxylic acids is 1. The third-order valence-electron chi connectivity index (χ3n) is 3.41. The van der Waals surface area contributed by atoms with Crippen molar-refractivity contribution >= 4 is 29.1 Å². The first-order valence-corrected chi connectivity index (χ1v) is 7.04. The summed E-state index contributed by atoms with van der Waals surface area (Å²) in [5, 5.41) is 11.8. The van der Waals surface area contributed by atoms with Gasteiger partial charge in [0.1, 0.15) is 5.75 Å². The molecular formula is C14H12N2O4S. The predicted octanol–water partition coefficient (Wildman–Crippen LogP) is 2.32. The van der Waals surface area contributed by atoms with E-state index in [1.54, 1.807) is 7.11 Å². The Morgan fingerprint density at radius 3 is 2.95 bits per heavy atom. The van der Waals surface area contributed by atoms with E-state index in [0.29, 0.717) is 11.4 Å². The quantitative estimate of drug-likeness (QED) is 0.908. The summed E-state index contributed by atoms with van der Waals surface area (Å²) in [7, 11) is 1.57. The lowest BCUT2D eigenvalue weighted by molar-refractivity contribution is -0.116. The summed E-state index contributed by atoms with van der Waals surface area (Å²) >= 11 is 1.10. The largest absolute Gasteiger partial charge is 0.496 e. The van der Waals surface area contributed by atoms with E-state index in [4.69, 9.17) is 9.84 Å². The Morgan fingerprint density at radius 1 is 1.48 bits per heavy atom. The molecule has 2 heterocycles. The number of nitrogens with one attached hydrogen (secondary N) is 1. The minimum Gasteiger partial charge on any atom is -0.496 e. The lowest BCUT2D eigenvalue weighted by Crippen LogP contribution is -2.23. The summed E-state index contributed by atoms with van der Waals surface area (Å²) in [6.45, 7) is 0. The number of aromatic nitrogens is 1. The van der Waals surface area contributed by atoms with Crippen LogP contribution in [0.25, 0.3) is 0 Å². The van der Waals surface area contributed by atoms with E-state index in [0.717, 1.165) is 22.0 Å². The second-order valence-electron chi connectivity index (χ2n) is 4.62. The number of carbonyl (C=O) groups excluding carboxylic acids is 1. The molecule has 0 saturated heterocycles. The first-order chi connectivity index (χ1) is 10.1. The summed E-state index contributed by atoms with van der Waals surface area (Å²) in [6, 6.07) is 7.41. The van der Waals surface area contributed by atoms with Crippen LogP contribution in [0.3, 0.4) is 0 Å². The average molecular weight is 304 g/mol. The van der Waals surface area contributed by atoms with Gasteiger partial charge in [0.05, 0.1) is 17.7 Å². The number of amides is 1. The smallest absolute Gasteiger partial charge is 0.357 e. The fourth-order valence-electron chi connectivity index (χ4n) is 2.48. The van der Waals surface area contributed by atoms with Gasteiger partial charge in [0.25, 0.3) is 0 Å². The number of ether oxygens (including phenoxy) is 1. The van der Waals surface area contributed by atoms with E-state index in [-0.39, 0.29) is 23.9 Å². The van der Waals surface area contributed by atoms with Crippen LogP contribution < -0.4 is 10.1 Å². The second kappa shape index (κ2) is 5.17. The summed E-state index contributed by atoms with van der Waals surface area (Å²) in [4.78, 5) is 23.8. The van der Waals surface area contributed by atoms with Crippen molar-refractivity contribution in [2.45, 2.75) is 12.3 Å². The van der Waals surface area contributed by atoms with Crippen molar-refractivity contribution in [2.24, 2.45) is 0 Å². The molecule has 0 spiro atoms. The van der Waals surface area contributed by atoms with Gasteiger partial charge in [-0.2, -0.15) is 4.37 Å². The number of methoxy groups -OCH3 is 1. The topological polar surface area (TPSA) is 88.5 Å². The number of anilines is 1. The van der Waals surface area contributed by atoms with E-state index in [1.165, 1.54) is 0 Å². The molecule has 0 aliphatic carbocycles. The molecule has 2 aromatic rings. The lowest BCUT2D eigenvalue weighted by atomic mass is 9.89. The van der Waals surface area contributed by atoms with Crippen LogP contribution in [0.4, 0.5) is 5.69 Å². The van der Waals surface area contributed by atoms with Crippen LogP contribution in [-0.4, -0.2) is 28.5 Å². The molecule has 1 aliphatic heterocycles. The summed E-state index contributed by atoms with van der Waals surface area (Å²) < 4.78 is 9.29. The maximum atomic E-state index is 11.9. The number of hydrogen-bond donors (Lipinski definition) is 2. The van der Waals surface area contributed by atoms with E-state index < -0.39 is 5.97 Å². The number of carboxylic acid groups (broad SMARTS) is 1. The fourth-order valence-corrected chi connectivity index (χ4v) is 3.42. The van der Waals surface area contributed by atoms with Crippen LogP contribution in [0.5, 0.6) is 5.75 Å². The molecule has 6 nitrogen and oxygen atoms in total. The zero-order valence-electron chi connectivity index (χ0n) is 11.1. The Morgan fingerprint density at radius 2 is 2.24 bits per heavy atom. The van der Waals surface area contributed by atoms with Gasteiger partial charge < -0.3 is 15.2 Å². The fraction of sp³-hybridized carbons (Fsp3) is 0.214. The molecule has 0 saturated carbocycles. The van der Waals surface area contributed by atoms with Crippen LogP contribution in [0.2, 0.25) is 0 Å². The van der Waals surface area contributed by atoms with E-state index in [2.05, 4.69) is 9.69 Å². The van der Waals surface area contributed by atoms with Gasteiger partial charge in [-0.05, 0) is 17.6 Å². The Kier molecular flexibility index (Phi) is 3.34. The highest BCUT2D eigenvalue weighted by Crippen LogP contribution is 2.44. The van der Waals surface area contributed by atoms with Crippen molar-refractivity contribution in [2.75, 3.05) is 12.4 Å². The summed E-state index contributed by atoms with van der Waals surface area (Å²) in [5.74, 6) is -0.932. The molecule has 0 bridgehead atoms. The number of hydrogen-bond acceptors (Lipinski definition) is 5. The van der Waals surface area contributed by atoms with Crippen molar-refractivity contribution in [3.63, 3.8) is 0 Å². The molecule has 2 N–H and O–H groups in total. The summed E-state index contributed by atoms with van der Waals surface area (Å²) in [5.41, 5.74) is 1.05. The van der Waals surface area contributed by atoms with Gasteiger partial charge in [-0.3, -0.25) is 4.79 Å². The van der Waals surface area contributed by atoms with E-state index >= 15 is 0 Å². The minimum absolute atomic E-state index is 0.108. The minimum atomic E-state index is -1.14. The molecule has 0 radical (unpaired) electrons. The molecule has 1 aromatic heterocycles. The van der Waals surface area contributed by atoms with E-state index in [1.807, 2.05) is 24.3 Å². The highest BCUT2D eigenvalue weighted by molar-refractivity contribution is 7.06. The number of benzene rings is 1. The maximum Gasteiger partial charge on any atom is 0.357 e. The Balaban J connectivity index is 2.14. The highest BCUT2D eigenvalue weighted by Gasteiger charge is 2.34. The average Bonchev–Trinajstić information content (AvgIpc) is 2.90. The van der Waals surface area contributed by atoms with Gasteiger partial charge in [-0.15, -0.1) is 0 Å². The lowest BCUT2D eigenvalue weighted by Gasteiger charge is -2.23. The van der Waals surface area contributed by atoms with Gasteiger partial charge in [-0.1, -0.05) is 18.2 Å². The summed E-state index contributed by atoms with van der Waals surface area (Å²) in [6.07, 6.45) is 0.245. The third kappa shape index (κ3) is 2.25. The van der Waals surface area contributed by atoms with Crippen LogP contribution in [-0.2, 0) is 4.79 Å². The molecule has 21 heavy (non-hydrogen) atoms. The zero-order valence-corrected chi connectivity index (χ0v) is 11.9. The molecule has 1 aliphatic rings. The van der Waals surface area contributed by atoms with Gasteiger partial charge in [0.15, 0.2) is 5.69 Å². The molecular weight excluding hydrogens is 292 g/mol. The third-order valence-corrected chi connectivity index (χ3v) is 4.37. The van der Waals surface area contributed by atoms with Crippen LogP contribution >= 0.6 is 11.5 Å². The normalized spacial score (nSPS) is 17.0. The number of carbonyl (C=O) groups is 2. The second-order valence-corrected chi connectivity index (χ2v) is 5.43. The molecule has 1 atom stereocenters. The van der Waals surface area contributed by atoms with Gasteiger partial charge in [0.2, 0.25) is 5.91 Å². The predicted molar refractivity (Wildman–Crippen MR) is 77.2 cm³/mol. The highest BCUT2D eigenvalue weighted by atomic mass is 32.1. The van der Waals surface area contributed by atoms with Crippen LogP contribution in [0.1, 0.15) is 33.3 Å². The van der Waals surface area contributed by atoms with Crippen molar-refractivity contribution in [3.05, 3.63) is 40.4 Å². The molecule has 7 heteroatoms. The number of para-hydroxylation sites is 1. The van der Waals surface area contributed by atoms with Gasteiger partial charge in [0, 0.05) is 17.9 Å². The zero-order chi connectivity index (χ0) is 15.0. The number of rotatable bonds is 3. The standard InChI is InChI=1S/C14H12N2O4S/c1-20-9-5-3-2-4-7(9)8-6-10(17)15-11-12(14(18)19)16-21-13(8)11/h2-5,8H,6H2,1H3,(H,15,17)(H,18,19)/t8-/m0/s1. The SMILES string of the molecule is COc1ccccc1[C@@H]1CC(=O)Nc2c(C(=O)O)nsc21. The maximum absolute atomic E-state index is 11.9. The number of aromatic carboxylic acids is 1. The molecule has 0 fully saturated rings. The van der Waals surface area contributed by atoms with Crippen LogP contribution in [0.15, 0.2) is 24.3 Å². The molecule has 3 rings (SSSR count). The van der Waals surface area contributed by atoms with Gasteiger partial charge >= 0.3 is 5.97 Å². The number of nitrogens with zero attached hydrogens (tertiary/aromatic N) is 1. The van der Waals surface area contributed by atoms with Crippen molar-refractivity contribution in [1.29, 1.82) is 0 Å².